The monoisotopic (exact) mass is 272 g/mol. The summed E-state index contributed by atoms with van der Waals surface area (Å²) >= 11 is 0. The van der Waals surface area contributed by atoms with E-state index in [1.807, 2.05) is 6.07 Å². The van der Waals surface area contributed by atoms with Gasteiger partial charge in [0.15, 0.2) is 0 Å². The minimum Gasteiger partial charge on any atom is -0.271 e. The average Bonchev–Trinajstić information content (AvgIpc) is 2.42. The lowest BCUT2D eigenvalue weighted by Gasteiger charge is -2.18. The van der Waals surface area contributed by atoms with Crippen molar-refractivity contribution in [2.75, 3.05) is 0 Å². The molecule has 2 aromatic rings. The Morgan fingerprint density at radius 3 is 2.60 bits per heavy atom. The maximum absolute atomic E-state index is 13.2. The molecule has 1 unspecified atom stereocenters. The summed E-state index contributed by atoms with van der Waals surface area (Å²) in [5, 5.41) is 0. The Morgan fingerprint density at radius 2 is 1.90 bits per heavy atom. The Hall–Kier alpha value is -1.71. The van der Waals surface area contributed by atoms with Crippen molar-refractivity contribution in [3.05, 3.63) is 70.5 Å². The van der Waals surface area contributed by atoms with Crippen LogP contribution in [0.3, 0.4) is 0 Å². The first-order chi connectivity index (χ1) is 9.58. The molecular formula is C17H21FN2. The van der Waals surface area contributed by atoms with Crippen molar-refractivity contribution >= 4 is 0 Å². The standard InChI is InChI=1S/C17H21FN2/c1-12-6-7-13(2)15(8-12)11-17(20-19)10-14-4-3-5-16(18)9-14/h3-9,17,20H,10-11,19H2,1-2H3. The van der Waals surface area contributed by atoms with E-state index in [0.717, 1.165) is 12.0 Å². The van der Waals surface area contributed by atoms with Gasteiger partial charge in [0, 0.05) is 6.04 Å². The van der Waals surface area contributed by atoms with Gasteiger partial charge in [-0.3, -0.25) is 11.3 Å². The van der Waals surface area contributed by atoms with E-state index in [9.17, 15) is 4.39 Å². The molecule has 0 fully saturated rings. The van der Waals surface area contributed by atoms with Crippen LogP contribution in [0.4, 0.5) is 4.39 Å². The molecule has 2 rings (SSSR count). The number of hydrazine groups is 1. The summed E-state index contributed by atoms with van der Waals surface area (Å²) in [6, 6.07) is 13.2. The predicted molar refractivity (Wildman–Crippen MR) is 80.8 cm³/mol. The van der Waals surface area contributed by atoms with Crippen LogP contribution in [0, 0.1) is 19.7 Å². The van der Waals surface area contributed by atoms with E-state index < -0.39 is 0 Å². The lowest BCUT2D eigenvalue weighted by atomic mass is 9.95. The summed E-state index contributed by atoms with van der Waals surface area (Å²) in [6.07, 6.45) is 1.54. The molecule has 2 aromatic carbocycles. The lowest BCUT2D eigenvalue weighted by Crippen LogP contribution is -2.38. The second-order valence-corrected chi connectivity index (χ2v) is 5.33. The Kier molecular flexibility index (Phi) is 4.88. The third-order valence-corrected chi connectivity index (χ3v) is 3.58. The third kappa shape index (κ3) is 3.89. The molecule has 2 nitrogen and oxygen atoms in total. The van der Waals surface area contributed by atoms with Gasteiger partial charge in [-0.1, -0.05) is 35.9 Å². The average molecular weight is 272 g/mol. The van der Waals surface area contributed by atoms with Crippen LogP contribution in [-0.2, 0) is 12.8 Å². The Bertz CT molecular complexity index is 581. The molecule has 0 bridgehead atoms. The van der Waals surface area contributed by atoms with E-state index in [1.165, 1.54) is 22.8 Å². The van der Waals surface area contributed by atoms with Gasteiger partial charge in [0.2, 0.25) is 0 Å². The Labute approximate surface area is 119 Å². The second-order valence-electron chi connectivity index (χ2n) is 5.33. The highest BCUT2D eigenvalue weighted by atomic mass is 19.1. The van der Waals surface area contributed by atoms with E-state index in [0.29, 0.717) is 6.42 Å². The highest BCUT2D eigenvalue weighted by molar-refractivity contribution is 5.31. The number of nitrogens with two attached hydrogens (primary N) is 1. The summed E-state index contributed by atoms with van der Waals surface area (Å²) in [5.41, 5.74) is 7.58. The van der Waals surface area contributed by atoms with Crippen LogP contribution in [-0.4, -0.2) is 6.04 Å². The molecule has 0 aliphatic heterocycles. The number of aryl methyl sites for hydroxylation is 2. The van der Waals surface area contributed by atoms with E-state index >= 15 is 0 Å². The molecule has 3 N–H and O–H groups in total. The van der Waals surface area contributed by atoms with Crippen LogP contribution in [0.15, 0.2) is 42.5 Å². The molecule has 0 spiro atoms. The molecule has 106 valence electrons. The van der Waals surface area contributed by atoms with Crippen molar-refractivity contribution in [1.29, 1.82) is 0 Å². The number of rotatable bonds is 5. The molecule has 0 saturated heterocycles. The highest BCUT2D eigenvalue weighted by Crippen LogP contribution is 2.15. The van der Waals surface area contributed by atoms with Crippen LogP contribution in [0.1, 0.15) is 22.3 Å². The number of hydrogen-bond acceptors (Lipinski definition) is 2. The van der Waals surface area contributed by atoms with Gasteiger partial charge < -0.3 is 0 Å². The van der Waals surface area contributed by atoms with Gasteiger partial charge in [-0.15, -0.1) is 0 Å². The zero-order valence-corrected chi connectivity index (χ0v) is 12.0. The molecule has 3 heteroatoms. The first-order valence-electron chi connectivity index (χ1n) is 6.85. The van der Waals surface area contributed by atoms with Crippen LogP contribution < -0.4 is 11.3 Å². The molecule has 0 aromatic heterocycles. The minimum absolute atomic E-state index is 0.0947. The third-order valence-electron chi connectivity index (χ3n) is 3.58. The zero-order valence-electron chi connectivity index (χ0n) is 12.0. The quantitative estimate of drug-likeness (QED) is 0.648. The molecule has 1 atom stereocenters. The smallest absolute Gasteiger partial charge is 0.123 e. The molecule has 20 heavy (non-hydrogen) atoms. The Balaban J connectivity index is 2.11. The van der Waals surface area contributed by atoms with Crippen molar-refractivity contribution < 1.29 is 4.39 Å². The van der Waals surface area contributed by atoms with Gasteiger partial charge in [0.05, 0.1) is 0 Å². The maximum Gasteiger partial charge on any atom is 0.123 e. The first kappa shape index (κ1) is 14.7. The van der Waals surface area contributed by atoms with E-state index in [4.69, 9.17) is 5.84 Å². The van der Waals surface area contributed by atoms with Gasteiger partial charge in [0.1, 0.15) is 5.82 Å². The highest BCUT2D eigenvalue weighted by Gasteiger charge is 2.11. The second kappa shape index (κ2) is 6.64. The largest absolute Gasteiger partial charge is 0.271 e. The van der Waals surface area contributed by atoms with E-state index in [-0.39, 0.29) is 11.9 Å². The zero-order chi connectivity index (χ0) is 14.5. The van der Waals surface area contributed by atoms with Crippen molar-refractivity contribution in [2.45, 2.75) is 32.7 Å². The topological polar surface area (TPSA) is 38.0 Å². The number of nitrogens with one attached hydrogen (secondary N) is 1. The van der Waals surface area contributed by atoms with E-state index in [1.54, 1.807) is 12.1 Å². The number of halogens is 1. The Morgan fingerprint density at radius 1 is 1.10 bits per heavy atom. The molecule has 0 saturated carbocycles. The van der Waals surface area contributed by atoms with Crippen molar-refractivity contribution in [3.8, 4) is 0 Å². The molecule has 0 aliphatic carbocycles. The summed E-state index contributed by atoms with van der Waals surface area (Å²) in [6.45, 7) is 4.19. The summed E-state index contributed by atoms with van der Waals surface area (Å²) < 4.78 is 13.2. The van der Waals surface area contributed by atoms with Gasteiger partial charge in [-0.2, -0.15) is 0 Å². The van der Waals surface area contributed by atoms with Gasteiger partial charge in [-0.25, -0.2) is 4.39 Å². The lowest BCUT2D eigenvalue weighted by molar-refractivity contribution is 0.519. The van der Waals surface area contributed by atoms with Crippen LogP contribution in [0.25, 0.3) is 0 Å². The van der Waals surface area contributed by atoms with Crippen molar-refractivity contribution in [3.63, 3.8) is 0 Å². The fourth-order valence-corrected chi connectivity index (χ4v) is 2.42. The van der Waals surface area contributed by atoms with Crippen LogP contribution in [0.5, 0.6) is 0 Å². The first-order valence-corrected chi connectivity index (χ1v) is 6.85. The molecule has 0 radical (unpaired) electrons. The molecule has 0 aliphatic rings. The molecule has 0 heterocycles. The van der Waals surface area contributed by atoms with Gasteiger partial charge in [-0.05, 0) is 55.5 Å². The summed E-state index contributed by atoms with van der Waals surface area (Å²) in [7, 11) is 0. The molecular weight excluding hydrogens is 251 g/mol. The fraction of sp³-hybridized carbons (Fsp3) is 0.294. The molecule has 0 amide bonds. The summed E-state index contributed by atoms with van der Waals surface area (Å²) in [4.78, 5) is 0. The van der Waals surface area contributed by atoms with Crippen LogP contribution >= 0.6 is 0 Å². The van der Waals surface area contributed by atoms with Gasteiger partial charge in [0.25, 0.3) is 0 Å². The minimum atomic E-state index is -0.204. The maximum atomic E-state index is 13.2. The SMILES string of the molecule is Cc1ccc(C)c(CC(Cc2cccc(F)c2)NN)c1. The fourth-order valence-electron chi connectivity index (χ4n) is 2.42. The predicted octanol–water partition coefficient (Wildman–Crippen LogP) is 3.06. The van der Waals surface area contributed by atoms with Crippen molar-refractivity contribution in [2.24, 2.45) is 5.84 Å². The normalized spacial score (nSPS) is 12.4. The van der Waals surface area contributed by atoms with Gasteiger partial charge >= 0.3 is 0 Å². The number of hydrogen-bond donors (Lipinski definition) is 2. The van der Waals surface area contributed by atoms with Crippen LogP contribution in [0.2, 0.25) is 0 Å². The summed E-state index contributed by atoms with van der Waals surface area (Å²) in [5.74, 6) is 5.45. The van der Waals surface area contributed by atoms with Crippen molar-refractivity contribution in [1.82, 2.24) is 5.43 Å². The van der Waals surface area contributed by atoms with E-state index in [2.05, 4.69) is 37.5 Å². The number of benzene rings is 2.